The van der Waals surface area contributed by atoms with Gasteiger partial charge in [-0.25, -0.2) is 4.79 Å². The third-order valence-corrected chi connectivity index (χ3v) is 5.70. The number of aliphatic hydroxyl groups excluding tert-OH is 3. The second-order valence-electron chi connectivity index (χ2n) is 8.10. The van der Waals surface area contributed by atoms with Crippen LogP contribution in [-0.4, -0.2) is 66.0 Å². The van der Waals surface area contributed by atoms with Crippen LogP contribution < -0.4 is 0 Å². The molecule has 3 N–H and O–H groups in total. The highest BCUT2D eigenvalue weighted by Gasteiger charge is 2.48. The monoisotopic (exact) mass is 406 g/mol. The van der Waals surface area contributed by atoms with Gasteiger partial charge < -0.3 is 24.8 Å². The van der Waals surface area contributed by atoms with Crippen molar-refractivity contribution in [3.8, 4) is 0 Å². The molecule has 1 saturated heterocycles. The molecule has 6 atom stereocenters. The van der Waals surface area contributed by atoms with E-state index in [1.54, 1.807) is 42.5 Å². The lowest BCUT2D eigenvalue weighted by Crippen LogP contribution is -2.61. The number of rotatable bonds is 7. The van der Waals surface area contributed by atoms with Crippen molar-refractivity contribution >= 4 is 14.0 Å². The molecule has 0 amide bonds. The van der Waals surface area contributed by atoms with E-state index >= 15 is 0 Å². The van der Waals surface area contributed by atoms with E-state index < -0.39 is 50.7 Å². The van der Waals surface area contributed by atoms with Gasteiger partial charge in [0.25, 0.3) is 0 Å². The maximum absolute atomic E-state index is 12.4. The predicted molar refractivity (Wildman–Crippen MR) is 110 cm³/mol. The summed E-state index contributed by atoms with van der Waals surface area (Å²) in [4.78, 5) is 12.4. The Kier molecular flexibility index (Phi) is 7.74. The molecule has 1 aromatic carbocycles. The number of ether oxygens (including phenoxy) is 2. The summed E-state index contributed by atoms with van der Waals surface area (Å²) in [5.74, 6) is -0.618. The van der Waals surface area contributed by atoms with E-state index in [4.69, 9.17) is 9.47 Å². The Hall–Kier alpha value is -1.77. The molecule has 154 valence electrons. The molecule has 1 aliphatic rings. The van der Waals surface area contributed by atoms with Crippen molar-refractivity contribution in [3.05, 3.63) is 60.3 Å². The number of carbonyl (C=O) groups excluding carboxylic acids is 1. The number of hydrogen-bond donors (Lipinski definition) is 3. The fourth-order valence-corrected chi connectivity index (χ4v) is 3.79. The van der Waals surface area contributed by atoms with Gasteiger partial charge in [-0.2, -0.15) is 0 Å². The fourth-order valence-electron chi connectivity index (χ4n) is 3.01. The highest BCUT2D eigenvalue weighted by molar-refractivity contribution is 6.80. The Balaban J connectivity index is 2.17. The average molecular weight is 407 g/mol. The molecule has 1 aliphatic heterocycles. The van der Waals surface area contributed by atoms with Crippen LogP contribution >= 0.6 is 0 Å². The SMILES string of the molecule is C=CCC1O[C@@H](C(O)/C=C/[Si](C)(C)C)C(O)C(O)C1OC(=O)c1ccccc1. The minimum absolute atomic E-state index is 0.289. The van der Waals surface area contributed by atoms with Gasteiger partial charge >= 0.3 is 5.97 Å². The molecule has 0 aromatic heterocycles. The van der Waals surface area contributed by atoms with Crippen molar-refractivity contribution in [1.82, 2.24) is 0 Å². The molecule has 5 unspecified atom stereocenters. The first-order valence-electron chi connectivity index (χ1n) is 9.40. The lowest BCUT2D eigenvalue weighted by molar-refractivity contribution is -0.236. The number of aliphatic hydroxyl groups is 3. The van der Waals surface area contributed by atoms with E-state index in [0.717, 1.165) is 0 Å². The van der Waals surface area contributed by atoms with Crippen molar-refractivity contribution in [2.75, 3.05) is 0 Å². The molecule has 0 spiro atoms. The van der Waals surface area contributed by atoms with Crippen LogP contribution in [0.15, 0.2) is 54.8 Å². The third kappa shape index (κ3) is 5.86. The summed E-state index contributed by atoms with van der Waals surface area (Å²) in [6.07, 6.45) is -3.25. The summed E-state index contributed by atoms with van der Waals surface area (Å²) in [5.41, 5.74) is 2.28. The zero-order valence-electron chi connectivity index (χ0n) is 16.6. The van der Waals surface area contributed by atoms with Crippen molar-refractivity contribution in [2.45, 2.75) is 62.7 Å². The molecule has 1 heterocycles. The number of benzene rings is 1. The van der Waals surface area contributed by atoms with Gasteiger partial charge in [-0.15, -0.1) is 6.58 Å². The number of esters is 1. The molecule has 0 aliphatic carbocycles. The van der Waals surface area contributed by atoms with Crippen LogP contribution in [0.5, 0.6) is 0 Å². The van der Waals surface area contributed by atoms with Crippen LogP contribution in [0.4, 0.5) is 0 Å². The first-order valence-corrected chi connectivity index (χ1v) is 13.0. The first-order chi connectivity index (χ1) is 13.1. The van der Waals surface area contributed by atoms with Crippen LogP contribution in [0.3, 0.4) is 0 Å². The first kappa shape index (κ1) is 22.5. The molecule has 6 nitrogen and oxygen atoms in total. The molecular formula is C21H30O6Si. The molecule has 0 saturated carbocycles. The van der Waals surface area contributed by atoms with Gasteiger partial charge in [-0.05, 0) is 18.6 Å². The van der Waals surface area contributed by atoms with E-state index in [1.165, 1.54) is 0 Å². The Morgan fingerprint density at radius 2 is 1.89 bits per heavy atom. The second kappa shape index (κ2) is 9.62. The van der Waals surface area contributed by atoms with E-state index in [0.29, 0.717) is 5.56 Å². The Bertz CT molecular complexity index is 684. The summed E-state index contributed by atoms with van der Waals surface area (Å²) in [6, 6.07) is 8.39. The molecule has 0 radical (unpaired) electrons. The van der Waals surface area contributed by atoms with Gasteiger partial charge in [0, 0.05) is 0 Å². The fraction of sp³-hybridized carbons (Fsp3) is 0.476. The summed E-state index contributed by atoms with van der Waals surface area (Å²) < 4.78 is 11.3. The number of carbonyl (C=O) groups is 1. The van der Waals surface area contributed by atoms with Crippen molar-refractivity contribution in [2.24, 2.45) is 0 Å². The van der Waals surface area contributed by atoms with Gasteiger partial charge in [0.15, 0.2) is 6.10 Å². The topological polar surface area (TPSA) is 96.2 Å². The minimum Gasteiger partial charge on any atom is -0.453 e. The number of hydrogen-bond acceptors (Lipinski definition) is 6. The Morgan fingerprint density at radius 1 is 1.25 bits per heavy atom. The molecule has 7 heteroatoms. The van der Waals surface area contributed by atoms with Crippen molar-refractivity contribution in [3.63, 3.8) is 0 Å². The molecule has 0 bridgehead atoms. The maximum atomic E-state index is 12.4. The average Bonchev–Trinajstić information content (AvgIpc) is 2.65. The van der Waals surface area contributed by atoms with Gasteiger partial charge in [0.2, 0.25) is 0 Å². The smallest absolute Gasteiger partial charge is 0.338 e. The van der Waals surface area contributed by atoms with Gasteiger partial charge in [-0.3, -0.25) is 0 Å². The van der Waals surface area contributed by atoms with E-state index in [2.05, 4.69) is 26.2 Å². The predicted octanol–water partition coefficient (Wildman–Crippen LogP) is 2.07. The van der Waals surface area contributed by atoms with Crippen molar-refractivity contribution in [1.29, 1.82) is 0 Å². The lowest BCUT2D eigenvalue weighted by Gasteiger charge is -2.43. The van der Waals surface area contributed by atoms with Crippen LogP contribution in [0.1, 0.15) is 16.8 Å². The summed E-state index contributed by atoms with van der Waals surface area (Å²) in [5, 5.41) is 31.6. The zero-order valence-corrected chi connectivity index (χ0v) is 17.6. The van der Waals surface area contributed by atoms with E-state index in [-0.39, 0.29) is 6.42 Å². The van der Waals surface area contributed by atoms with E-state index in [1.807, 2.05) is 5.70 Å². The summed E-state index contributed by atoms with van der Waals surface area (Å²) in [7, 11) is -1.55. The summed E-state index contributed by atoms with van der Waals surface area (Å²) in [6.45, 7) is 10.0. The van der Waals surface area contributed by atoms with Crippen LogP contribution in [0, 0.1) is 0 Å². The summed E-state index contributed by atoms with van der Waals surface area (Å²) >= 11 is 0. The zero-order chi connectivity index (χ0) is 20.9. The normalized spacial score (nSPS) is 29.4. The van der Waals surface area contributed by atoms with Gasteiger partial charge in [0.1, 0.15) is 30.5 Å². The van der Waals surface area contributed by atoms with E-state index in [9.17, 15) is 20.1 Å². The van der Waals surface area contributed by atoms with Crippen molar-refractivity contribution < 1.29 is 29.6 Å². The van der Waals surface area contributed by atoms with Gasteiger partial charge in [0.05, 0.1) is 13.6 Å². The molecule has 2 rings (SSSR count). The Morgan fingerprint density at radius 3 is 2.46 bits per heavy atom. The molecule has 1 fully saturated rings. The molecule has 1 aromatic rings. The quantitative estimate of drug-likeness (QED) is 0.364. The van der Waals surface area contributed by atoms with Crippen LogP contribution in [-0.2, 0) is 9.47 Å². The second-order valence-corrected chi connectivity index (χ2v) is 13.2. The Labute approximate surface area is 167 Å². The third-order valence-electron chi connectivity index (χ3n) is 4.50. The van der Waals surface area contributed by atoms with Crippen LogP contribution in [0.2, 0.25) is 19.6 Å². The van der Waals surface area contributed by atoms with Gasteiger partial charge in [-0.1, -0.05) is 55.7 Å². The minimum atomic E-state index is -1.55. The largest absolute Gasteiger partial charge is 0.453 e. The highest BCUT2D eigenvalue weighted by Crippen LogP contribution is 2.29. The van der Waals surface area contributed by atoms with Crippen LogP contribution in [0.25, 0.3) is 0 Å². The standard InChI is InChI=1S/C21H30O6Si/c1-5-9-16-20(27-21(25)14-10-7-6-8-11-14)18(24)17(23)19(26-16)15(22)12-13-28(2,3)4/h5-8,10-13,15-20,22-24H,1,9H2,2-4H3/b13-12+/t15?,16?,17?,18?,19-,20?/m0/s1. The maximum Gasteiger partial charge on any atom is 0.338 e. The molecular weight excluding hydrogens is 376 g/mol. The lowest BCUT2D eigenvalue weighted by atomic mass is 9.90. The highest BCUT2D eigenvalue weighted by atomic mass is 28.3. The molecule has 28 heavy (non-hydrogen) atoms.